The maximum atomic E-state index is 12.2. The molecule has 2 aromatic carbocycles. The molecule has 0 radical (unpaired) electrons. The van der Waals surface area contributed by atoms with Gasteiger partial charge in [-0.15, -0.1) is 0 Å². The summed E-state index contributed by atoms with van der Waals surface area (Å²) < 4.78 is 67.2. The number of hydrogen-bond acceptors (Lipinski definition) is 6. The molecule has 1 aromatic heterocycles. The number of hydrogen-bond donors (Lipinski definition) is 2. The van der Waals surface area contributed by atoms with Crippen molar-refractivity contribution < 1.29 is 25.9 Å². The fraction of sp³-hybridized carbons (Fsp3) is 0.0714. The van der Waals surface area contributed by atoms with Crippen molar-refractivity contribution in [2.45, 2.75) is 9.79 Å². The van der Waals surface area contributed by atoms with Gasteiger partial charge in [0.2, 0.25) is 0 Å². The van der Waals surface area contributed by atoms with Gasteiger partial charge in [-0.1, -0.05) is 35.8 Å². The van der Waals surface area contributed by atoms with Crippen LogP contribution in [0.3, 0.4) is 0 Å². The third kappa shape index (κ3) is 3.00. The molecule has 0 aliphatic heterocycles. The largest absolute Gasteiger partial charge is 0.295 e. The van der Waals surface area contributed by atoms with E-state index in [1.165, 1.54) is 40.6 Å². The van der Waals surface area contributed by atoms with Crippen molar-refractivity contribution >= 4 is 42.5 Å². The molecule has 0 amide bonds. The van der Waals surface area contributed by atoms with Crippen LogP contribution < -0.4 is 5.56 Å². The molecule has 0 fully saturated rings. The molecular weight excluding hydrogens is 390 g/mol. The fourth-order valence-corrected chi connectivity index (χ4v) is 4.90. The summed E-state index contributed by atoms with van der Waals surface area (Å²) in [6.45, 7) is 0. The number of rotatable bonds is 3. The van der Waals surface area contributed by atoms with Crippen molar-refractivity contribution in [3.8, 4) is 11.1 Å². The molecule has 0 atom stereocenters. The van der Waals surface area contributed by atoms with Crippen molar-refractivity contribution in [2.75, 3.05) is 0 Å². The average Bonchev–Trinajstić information content (AvgIpc) is 2.83. The van der Waals surface area contributed by atoms with Crippen molar-refractivity contribution in [1.82, 2.24) is 3.96 Å². The molecule has 132 valence electrons. The van der Waals surface area contributed by atoms with Crippen LogP contribution in [0.15, 0.2) is 50.3 Å². The van der Waals surface area contributed by atoms with Crippen molar-refractivity contribution in [1.29, 1.82) is 0 Å². The summed E-state index contributed by atoms with van der Waals surface area (Å²) in [6, 6.07) is 6.13. The Morgan fingerprint density at radius 3 is 2.12 bits per heavy atom. The second-order valence-corrected chi connectivity index (χ2v) is 8.93. The van der Waals surface area contributed by atoms with Gasteiger partial charge in [-0.2, -0.15) is 16.8 Å². The lowest BCUT2D eigenvalue weighted by Gasteiger charge is -2.11. The van der Waals surface area contributed by atoms with Gasteiger partial charge in [0.15, 0.2) is 0 Å². The number of aryl methyl sites for hydroxylation is 1. The lowest BCUT2D eigenvalue weighted by Crippen LogP contribution is -2.12. The van der Waals surface area contributed by atoms with Gasteiger partial charge in [-0.25, -0.2) is 0 Å². The fourth-order valence-electron chi connectivity index (χ4n) is 2.59. The average molecular weight is 401 g/mol. The SMILES string of the molecule is Cn1scc(-c2ccc3c(S(=O)(=O)O)cccc3c2S(=O)(=O)O)c1=O. The second kappa shape index (κ2) is 5.75. The van der Waals surface area contributed by atoms with Gasteiger partial charge in [0.05, 0.1) is 5.56 Å². The third-order valence-corrected chi connectivity index (χ3v) is 6.33. The molecule has 11 heteroatoms. The van der Waals surface area contributed by atoms with Crippen LogP contribution in [0.1, 0.15) is 0 Å². The Balaban J connectivity index is 2.55. The summed E-state index contributed by atoms with van der Waals surface area (Å²) >= 11 is 1.05. The maximum Gasteiger partial charge on any atom is 0.295 e. The van der Waals surface area contributed by atoms with Crippen LogP contribution in [0.2, 0.25) is 0 Å². The Labute approximate surface area is 146 Å². The van der Waals surface area contributed by atoms with E-state index in [2.05, 4.69) is 0 Å². The molecule has 0 aliphatic carbocycles. The zero-order valence-corrected chi connectivity index (χ0v) is 15.0. The van der Waals surface area contributed by atoms with E-state index in [0.29, 0.717) is 0 Å². The van der Waals surface area contributed by atoms with E-state index >= 15 is 0 Å². The summed E-state index contributed by atoms with van der Waals surface area (Å²) in [5.74, 6) is 0. The molecule has 3 aromatic rings. The first-order chi connectivity index (χ1) is 11.5. The zero-order chi connectivity index (χ0) is 18.6. The van der Waals surface area contributed by atoms with E-state index < -0.39 is 35.6 Å². The topological polar surface area (TPSA) is 131 Å². The Hall–Kier alpha value is -2.05. The van der Waals surface area contributed by atoms with Crippen molar-refractivity contribution in [3.05, 3.63) is 46.1 Å². The van der Waals surface area contributed by atoms with Gasteiger partial charge >= 0.3 is 0 Å². The van der Waals surface area contributed by atoms with Crippen LogP contribution in [0.5, 0.6) is 0 Å². The minimum Gasteiger partial charge on any atom is -0.282 e. The van der Waals surface area contributed by atoms with Crippen LogP contribution >= 0.6 is 11.5 Å². The van der Waals surface area contributed by atoms with E-state index in [1.807, 2.05) is 0 Å². The lowest BCUT2D eigenvalue weighted by molar-refractivity contribution is 0.481. The summed E-state index contributed by atoms with van der Waals surface area (Å²) in [5, 5.41) is 1.22. The van der Waals surface area contributed by atoms with Crippen LogP contribution in [0, 0.1) is 0 Å². The quantitative estimate of drug-likeness (QED) is 0.639. The van der Waals surface area contributed by atoms with Crippen LogP contribution in [0.4, 0.5) is 0 Å². The van der Waals surface area contributed by atoms with Crippen LogP contribution in [0.25, 0.3) is 21.9 Å². The molecule has 0 saturated carbocycles. The van der Waals surface area contributed by atoms with E-state index in [4.69, 9.17) is 0 Å². The molecule has 0 unspecified atom stereocenters. The Morgan fingerprint density at radius 1 is 0.920 bits per heavy atom. The van der Waals surface area contributed by atoms with Gasteiger partial charge in [-0.3, -0.25) is 17.9 Å². The number of fused-ring (bicyclic) bond motifs is 1. The number of aromatic nitrogens is 1. The highest BCUT2D eigenvalue weighted by Gasteiger charge is 2.25. The molecule has 25 heavy (non-hydrogen) atoms. The minimum absolute atomic E-state index is 0.0515. The predicted molar refractivity (Wildman–Crippen MR) is 92.1 cm³/mol. The van der Waals surface area contributed by atoms with Gasteiger partial charge in [0.25, 0.3) is 25.8 Å². The molecule has 1 heterocycles. The molecule has 0 aliphatic rings. The normalized spacial score (nSPS) is 12.6. The molecule has 0 spiro atoms. The summed E-state index contributed by atoms with van der Waals surface area (Å²) in [6.07, 6.45) is 0. The Kier molecular flexibility index (Phi) is 4.08. The van der Waals surface area contributed by atoms with Gasteiger partial charge < -0.3 is 0 Å². The Morgan fingerprint density at radius 2 is 1.60 bits per heavy atom. The van der Waals surface area contributed by atoms with E-state index in [0.717, 1.165) is 17.6 Å². The molecule has 8 nitrogen and oxygen atoms in total. The number of benzene rings is 2. The van der Waals surface area contributed by atoms with Crippen LogP contribution in [-0.2, 0) is 27.3 Å². The first-order valence-electron chi connectivity index (χ1n) is 6.68. The van der Waals surface area contributed by atoms with E-state index in [-0.39, 0.29) is 21.9 Å². The first-order valence-corrected chi connectivity index (χ1v) is 10.4. The second-order valence-electron chi connectivity index (χ2n) is 5.18. The molecule has 3 rings (SSSR count). The lowest BCUT2D eigenvalue weighted by atomic mass is 10.0. The van der Waals surface area contributed by atoms with Crippen molar-refractivity contribution in [2.24, 2.45) is 7.05 Å². The number of nitrogens with zero attached hydrogens (tertiary/aromatic N) is 1. The predicted octanol–water partition coefficient (Wildman–Crippen LogP) is 1.76. The monoisotopic (exact) mass is 401 g/mol. The molecule has 0 saturated heterocycles. The standard InChI is InChI=1S/C14H11NO7S3/c1-15-14(16)11(7-23-15)10-6-5-8-9(13(10)25(20,21)22)3-2-4-12(8)24(17,18)19/h2-7H,1H3,(H,17,18,19)(H,20,21,22). The Bertz CT molecular complexity index is 1270. The molecule has 2 N–H and O–H groups in total. The smallest absolute Gasteiger partial charge is 0.282 e. The van der Waals surface area contributed by atoms with E-state index in [9.17, 15) is 30.7 Å². The van der Waals surface area contributed by atoms with Crippen LogP contribution in [-0.4, -0.2) is 29.9 Å². The van der Waals surface area contributed by atoms with Gasteiger partial charge in [0, 0.05) is 28.8 Å². The van der Waals surface area contributed by atoms with Gasteiger partial charge in [0.1, 0.15) is 9.79 Å². The van der Waals surface area contributed by atoms with E-state index in [1.54, 1.807) is 0 Å². The third-order valence-electron chi connectivity index (χ3n) is 3.64. The molecular formula is C14H11NO7S3. The first kappa shape index (κ1) is 17.8. The maximum absolute atomic E-state index is 12.2. The highest BCUT2D eigenvalue weighted by Crippen LogP contribution is 2.35. The summed E-state index contributed by atoms with van der Waals surface area (Å²) in [5.41, 5.74) is -0.455. The summed E-state index contributed by atoms with van der Waals surface area (Å²) in [7, 11) is -7.91. The summed E-state index contributed by atoms with van der Waals surface area (Å²) in [4.78, 5) is 11.1. The minimum atomic E-state index is -4.80. The van der Waals surface area contributed by atoms with Gasteiger partial charge in [-0.05, 0) is 6.07 Å². The zero-order valence-electron chi connectivity index (χ0n) is 12.6. The molecule has 0 bridgehead atoms. The van der Waals surface area contributed by atoms with Crippen molar-refractivity contribution in [3.63, 3.8) is 0 Å². The highest BCUT2D eigenvalue weighted by atomic mass is 32.2. The highest BCUT2D eigenvalue weighted by molar-refractivity contribution is 7.86.